The molecule has 40 heavy (non-hydrogen) atoms. The molecule has 3 rings (SSSR count). The van der Waals surface area contributed by atoms with Crippen LogP contribution < -0.4 is 9.62 Å². The van der Waals surface area contributed by atoms with Crippen molar-refractivity contribution in [1.29, 1.82) is 0 Å². The highest BCUT2D eigenvalue weighted by Gasteiger charge is 2.34. The number of halogens is 3. The first-order valence-corrected chi connectivity index (χ1v) is 15.9. The first-order valence-electron chi connectivity index (χ1n) is 12.5. The van der Waals surface area contributed by atoms with Gasteiger partial charge >= 0.3 is 0 Å². The summed E-state index contributed by atoms with van der Waals surface area (Å²) in [6, 6.07) is 19.9. The quantitative estimate of drug-likeness (QED) is 0.284. The zero-order valence-electron chi connectivity index (χ0n) is 22.7. The van der Waals surface area contributed by atoms with Crippen LogP contribution in [-0.2, 0) is 32.6 Å². The maximum atomic E-state index is 14.1. The van der Waals surface area contributed by atoms with Crippen LogP contribution in [0, 0.1) is 0 Å². The van der Waals surface area contributed by atoms with E-state index in [1.165, 1.54) is 4.90 Å². The number of carbonyl (C=O) groups excluding carboxylic acids is 2. The molecule has 3 aromatic carbocycles. The summed E-state index contributed by atoms with van der Waals surface area (Å²) in [5, 5.41) is 3.74. The van der Waals surface area contributed by atoms with Crippen LogP contribution in [0.25, 0.3) is 0 Å². The lowest BCUT2D eigenvalue weighted by molar-refractivity contribution is -0.140. The highest BCUT2D eigenvalue weighted by Crippen LogP contribution is 2.26. The number of benzene rings is 3. The molecule has 214 valence electrons. The zero-order chi connectivity index (χ0) is 29.7. The van der Waals surface area contributed by atoms with Gasteiger partial charge in [0.15, 0.2) is 0 Å². The maximum absolute atomic E-state index is 14.1. The Balaban J connectivity index is 2.09. The van der Waals surface area contributed by atoms with Crippen molar-refractivity contribution in [3.05, 3.63) is 98.4 Å². The van der Waals surface area contributed by atoms with Crippen LogP contribution in [0.1, 0.15) is 31.9 Å². The van der Waals surface area contributed by atoms with E-state index in [-0.39, 0.29) is 18.9 Å². The topological polar surface area (TPSA) is 86.8 Å². The number of rotatable bonds is 10. The van der Waals surface area contributed by atoms with Gasteiger partial charge in [-0.1, -0.05) is 75.5 Å². The Morgan fingerprint density at radius 1 is 0.975 bits per heavy atom. The Hall–Kier alpha value is -2.59. The number of nitrogens with zero attached hydrogens (tertiary/aromatic N) is 2. The number of sulfonamides is 1. The Morgan fingerprint density at radius 2 is 1.60 bits per heavy atom. The van der Waals surface area contributed by atoms with Crippen molar-refractivity contribution >= 4 is 66.7 Å². The van der Waals surface area contributed by atoms with E-state index in [1.807, 2.05) is 51.1 Å². The summed E-state index contributed by atoms with van der Waals surface area (Å²) in [5.41, 5.74) is 1.15. The minimum atomic E-state index is -3.85. The van der Waals surface area contributed by atoms with E-state index < -0.39 is 34.1 Å². The van der Waals surface area contributed by atoms with Gasteiger partial charge in [0, 0.05) is 33.0 Å². The van der Waals surface area contributed by atoms with Crippen molar-refractivity contribution in [3.63, 3.8) is 0 Å². The van der Waals surface area contributed by atoms with E-state index in [9.17, 15) is 18.0 Å². The molecule has 2 amide bonds. The third-order valence-electron chi connectivity index (χ3n) is 5.92. The minimum absolute atomic E-state index is 0.0398. The average Bonchev–Trinajstić information content (AvgIpc) is 2.85. The Labute approximate surface area is 254 Å². The van der Waals surface area contributed by atoms with Crippen LogP contribution in [-0.4, -0.2) is 49.5 Å². The van der Waals surface area contributed by atoms with Crippen LogP contribution >= 0.6 is 39.1 Å². The number of hydrogen-bond donors (Lipinski definition) is 1. The molecule has 0 fully saturated rings. The Morgan fingerprint density at radius 3 is 2.15 bits per heavy atom. The molecule has 1 atom stereocenters. The molecular formula is C29H32BrCl2N3O4S. The lowest BCUT2D eigenvalue weighted by atomic mass is 10.0. The molecule has 11 heteroatoms. The smallest absolute Gasteiger partial charge is 0.244 e. The van der Waals surface area contributed by atoms with Gasteiger partial charge in [0.1, 0.15) is 12.6 Å². The molecule has 0 heterocycles. The zero-order valence-corrected chi connectivity index (χ0v) is 26.6. The Kier molecular flexibility index (Phi) is 10.7. The standard InChI is InChI=1S/C29H32BrCl2N3O4S/c1-29(2,3)33-28(37)26(16-20-8-6-5-7-9-20)34(18-21-10-13-23(31)17-25(21)32)27(36)19-35(40(4,38)39)24-14-11-22(30)12-15-24/h5-15,17,26H,16,18-19H2,1-4H3,(H,33,37). The molecule has 0 radical (unpaired) electrons. The van der Waals surface area contributed by atoms with Crippen molar-refractivity contribution in [1.82, 2.24) is 10.2 Å². The van der Waals surface area contributed by atoms with Gasteiger partial charge < -0.3 is 10.2 Å². The van der Waals surface area contributed by atoms with Gasteiger partial charge in [-0.15, -0.1) is 0 Å². The highest BCUT2D eigenvalue weighted by atomic mass is 79.9. The number of anilines is 1. The first-order chi connectivity index (χ1) is 18.6. The van der Waals surface area contributed by atoms with Gasteiger partial charge in [-0.3, -0.25) is 13.9 Å². The molecule has 0 aliphatic heterocycles. The second-order valence-corrected chi connectivity index (χ2v) is 14.1. The van der Waals surface area contributed by atoms with Crippen molar-refractivity contribution in [2.24, 2.45) is 0 Å². The number of amides is 2. The molecule has 0 aliphatic rings. The van der Waals surface area contributed by atoms with Gasteiger partial charge in [0.05, 0.1) is 11.9 Å². The number of carbonyl (C=O) groups is 2. The normalized spacial score (nSPS) is 12.5. The highest BCUT2D eigenvalue weighted by molar-refractivity contribution is 9.10. The summed E-state index contributed by atoms with van der Waals surface area (Å²) in [6.07, 6.45) is 1.24. The van der Waals surface area contributed by atoms with Crippen molar-refractivity contribution in [3.8, 4) is 0 Å². The second kappa shape index (κ2) is 13.4. The fourth-order valence-corrected chi connectivity index (χ4v) is 5.64. The molecule has 0 aromatic heterocycles. The van der Waals surface area contributed by atoms with Gasteiger partial charge in [0.2, 0.25) is 21.8 Å². The first kappa shape index (κ1) is 31.9. The van der Waals surface area contributed by atoms with E-state index in [0.717, 1.165) is 20.6 Å². The fraction of sp³-hybridized carbons (Fsp3) is 0.310. The van der Waals surface area contributed by atoms with E-state index in [0.29, 0.717) is 21.3 Å². The fourth-order valence-electron chi connectivity index (χ4n) is 4.06. The lowest BCUT2D eigenvalue weighted by Crippen LogP contribution is -2.56. The minimum Gasteiger partial charge on any atom is -0.350 e. The Bertz CT molecular complexity index is 1450. The van der Waals surface area contributed by atoms with Crippen LogP contribution in [0.2, 0.25) is 10.0 Å². The average molecular weight is 669 g/mol. The summed E-state index contributed by atoms with van der Waals surface area (Å²) >= 11 is 15.9. The van der Waals surface area contributed by atoms with Crippen molar-refractivity contribution < 1.29 is 18.0 Å². The predicted octanol–water partition coefficient (Wildman–Crippen LogP) is 6.08. The predicted molar refractivity (Wildman–Crippen MR) is 165 cm³/mol. The van der Waals surface area contributed by atoms with E-state index in [1.54, 1.807) is 42.5 Å². The maximum Gasteiger partial charge on any atom is 0.244 e. The molecule has 1 N–H and O–H groups in total. The van der Waals surface area contributed by atoms with Gasteiger partial charge in [-0.25, -0.2) is 8.42 Å². The molecule has 3 aromatic rings. The summed E-state index contributed by atoms with van der Waals surface area (Å²) in [7, 11) is -3.85. The second-order valence-electron chi connectivity index (χ2n) is 10.4. The van der Waals surface area contributed by atoms with Crippen LogP contribution in [0.15, 0.2) is 77.3 Å². The van der Waals surface area contributed by atoms with Crippen LogP contribution in [0.4, 0.5) is 5.69 Å². The third kappa shape index (κ3) is 9.23. The van der Waals surface area contributed by atoms with Gasteiger partial charge in [-0.05, 0) is 68.3 Å². The van der Waals surface area contributed by atoms with Crippen molar-refractivity contribution in [2.75, 3.05) is 17.1 Å². The lowest BCUT2D eigenvalue weighted by Gasteiger charge is -2.35. The van der Waals surface area contributed by atoms with E-state index in [4.69, 9.17) is 23.2 Å². The SMILES string of the molecule is CC(C)(C)NC(=O)C(Cc1ccccc1)N(Cc1ccc(Cl)cc1Cl)C(=O)CN(c1ccc(Br)cc1)S(C)(=O)=O. The molecule has 0 aliphatic carbocycles. The molecule has 1 unspecified atom stereocenters. The largest absolute Gasteiger partial charge is 0.350 e. The molecule has 0 saturated carbocycles. The van der Waals surface area contributed by atoms with E-state index in [2.05, 4.69) is 21.2 Å². The van der Waals surface area contributed by atoms with Gasteiger partial charge in [-0.2, -0.15) is 0 Å². The van der Waals surface area contributed by atoms with E-state index >= 15 is 0 Å². The summed E-state index contributed by atoms with van der Waals surface area (Å²) in [6.45, 7) is 5.00. The monoisotopic (exact) mass is 667 g/mol. The van der Waals surface area contributed by atoms with Crippen LogP contribution in [0.5, 0.6) is 0 Å². The summed E-state index contributed by atoms with van der Waals surface area (Å²) in [5.74, 6) is -0.936. The van der Waals surface area contributed by atoms with Crippen molar-refractivity contribution in [2.45, 2.75) is 45.3 Å². The molecule has 0 saturated heterocycles. The summed E-state index contributed by atoms with van der Waals surface area (Å²) in [4.78, 5) is 29.2. The molecule has 7 nitrogen and oxygen atoms in total. The molecule has 0 spiro atoms. The van der Waals surface area contributed by atoms with Gasteiger partial charge in [0.25, 0.3) is 0 Å². The molecular weight excluding hydrogens is 637 g/mol. The number of hydrogen-bond acceptors (Lipinski definition) is 4. The third-order valence-corrected chi connectivity index (χ3v) is 8.18. The van der Waals surface area contributed by atoms with Crippen LogP contribution in [0.3, 0.4) is 0 Å². The summed E-state index contributed by atoms with van der Waals surface area (Å²) < 4.78 is 27.5. The molecule has 0 bridgehead atoms. The number of nitrogens with one attached hydrogen (secondary N) is 1.